The van der Waals surface area contributed by atoms with Gasteiger partial charge in [0.2, 0.25) is 0 Å². The number of nitriles is 1. The third-order valence-corrected chi connectivity index (χ3v) is 2.39. The van der Waals surface area contributed by atoms with Gasteiger partial charge in [-0.25, -0.2) is 8.78 Å². The Morgan fingerprint density at radius 3 is 2.64 bits per heavy atom. The lowest BCUT2D eigenvalue weighted by Crippen LogP contribution is -2.45. The topological polar surface area (TPSA) is 27.0 Å². The molecule has 0 aromatic heterocycles. The van der Waals surface area contributed by atoms with Crippen molar-refractivity contribution in [2.24, 2.45) is 5.41 Å². The van der Waals surface area contributed by atoms with Gasteiger partial charge in [-0.3, -0.25) is 4.90 Å². The summed E-state index contributed by atoms with van der Waals surface area (Å²) < 4.78 is 26.0. The van der Waals surface area contributed by atoms with Gasteiger partial charge in [-0.1, -0.05) is 0 Å². The molecule has 1 rings (SSSR count). The summed E-state index contributed by atoms with van der Waals surface area (Å²) in [5, 5.41) is 8.79. The molecular formula is C10H16F2N2. The maximum absolute atomic E-state index is 13.0. The summed E-state index contributed by atoms with van der Waals surface area (Å²) in [5.41, 5.74) is -0.534. The molecule has 0 aromatic rings. The predicted octanol–water partition coefficient (Wildman–Crippen LogP) is 2.27. The number of alkyl halides is 2. The van der Waals surface area contributed by atoms with Gasteiger partial charge >= 0.3 is 0 Å². The molecular weight excluding hydrogens is 186 g/mol. The highest BCUT2D eigenvalue weighted by Gasteiger charge is 2.36. The Labute approximate surface area is 83.5 Å². The number of nitrogens with zero attached hydrogens (tertiary/aromatic N) is 2. The van der Waals surface area contributed by atoms with Crippen molar-refractivity contribution in [1.82, 2.24) is 4.90 Å². The number of hydrogen-bond acceptors (Lipinski definition) is 2. The first-order chi connectivity index (χ1) is 6.35. The second-order valence-electron chi connectivity index (χ2n) is 4.67. The van der Waals surface area contributed by atoms with E-state index in [1.54, 1.807) is 18.7 Å². The van der Waals surface area contributed by atoms with E-state index < -0.39 is 11.3 Å². The molecule has 1 saturated heterocycles. The molecule has 0 amide bonds. The van der Waals surface area contributed by atoms with Crippen molar-refractivity contribution in [2.45, 2.75) is 32.6 Å². The zero-order valence-corrected chi connectivity index (χ0v) is 8.69. The maximum Gasteiger partial charge on any atom is 0.260 e. The van der Waals surface area contributed by atoms with E-state index in [-0.39, 0.29) is 13.0 Å². The molecule has 0 radical (unpaired) electrons. The fraction of sp³-hybridized carbons (Fsp3) is 0.900. The average Bonchev–Trinajstić information content (AvgIpc) is 2.01. The molecule has 0 atom stereocenters. The SMILES string of the molecule is CC(C)(C#N)CN1CCCC(F)(F)C1. The zero-order chi connectivity index (χ0) is 10.8. The van der Waals surface area contributed by atoms with E-state index in [4.69, 9.17) is 5.26 Å². The molecule has 2 nitrogen and oxygen atoms in total. The first-order valence-electron chi connectivity index (χ1n) is 4.86. The first-order valence-corrected chi connectivity index (χ1v) is 4.86. The van der Waals surface area contributed by atoms with Crippen molar-refractivity contribution in [3.63, 3.8) is 0 Å². The first kappa shape index (κ1) is 11.4. The van der Waals surface area contributed by atoms with Crippen LogP contribution in [0.2, 0.25) is 0 Å². The molecule has 14 heavy (non-hydrogen) atoms. The fourth-order valence-electron chi connectivity index (χ4n) is 1.78. The van der Waals surface area contributed by atoms with Gasteiger partial charge in [0.25, 0.3) is 5.92 Å². The molecule has 1 aliphatic rings. The third-order valence-electron chi connectivity index (χ3n) is 2.39. The van der Waals surface area contributed by atoms with E-state index in [0.29, 0.717) is 19.5 Å². The van der Waals surface area contributed by atoms with Crippen molar-refractivity contribution in [3.05, 3.63) is 0 Å². The van der Waals surface area contributed by atoms with Crippen molar-refractivity contribution in [3.8, 4) is 6.07 Å². The van der Waals surface area contributed by atoms with Crippen molar-refractivity contribution >= 4 is 0 Å². The van der Waals surface area contributed by atoms with Crippen LogP contribution in [0.25, 0.3) is 0 Å². The summed E-state index contributed by atoms with van der Waals surface area (Å²) in [6.45, 7) is 4.47. The fourth-order valence-corrected chi connectivity index (χ4v) is 1.78. The van der Waals surface area contributed by atoms with E-state index in [1.807, 2.05) is 0 Å². The van der Waals surface area contributed by atoms with Crippen LogP contribution in [0.15, 0.2) is 0 Å². The normalized spacial score (nSPS) is 23.1. The molecule has 1 aliphatic heterocycles. The van der Waals surface area contributed by atoms with E-state index in [0.717, 1.165) is 0 Å². The van der Waals surface area contributed by atoms with Crippen LogP contribution in [0.4, 0.5) is 8.78 Å². The van der Waals surface area contributed by atoms with Crippen LogP contribution < -0.4 is 0 Å². The third kappa shape index (κ3) is 3.22. The highest BCUT2D eigenvalue weighted by molar-refractivity contribution is 4.95. The van der Waals surface area contributed by atoms with Crippen molar-refractivity contribution < 1.29 is 8.78 Å². The Bertz CT molecular complexity index is 243. The lowest BCUT2D eigenvalue weighted by molar-refractivity contribution is -0.0683. The molecule has 0 saturated carbocycles. The number of piperidine rings is 1. The monoisotopic (exact) mass is 202 g/mol. The van der Waals surface area contributed by atoms with Gasteiger partial charge in [0.05, 0.1) is 18.0 Å². The van der Waals surface area contributed by atoms with Crippen LogP contribution in [0, 0.1) is 16.7 Å². The summed E-state index contributed by atoms with van der Waals surface area (Å²) in [7, 11) is 0. The number of halogens is 2. The molecule has 0 N–H and O–H groups in total. The maximum atomic E-state index is 13.0. The van der Waals surface area contributed by atoms with Crippen molar-refractivity contribution in [2.75, 3.05) is 19.6 Å². The summed E-state index contributed by atoms with van der Waals surface area (Å²) >= 11 is 0. The number of likely N-dealkylation sites (tertiary alicyclic amines) is 1. The molecule has 0 aliphatic carbocycles. The van der Waals surface area contributed by atoms with E-state index >= 15 is 0 Å². The largest absolute Gasteiger partial charge is 0.296 e. The van der Waals surface area contributed by atoms with Crippen LogP contribution in [-0.2, 0) is 0 Å². The van der Waals surface area contributed by atoms with Crippen LogP contribution in [0.3, 0.4) is 0 Å². The van der Waals surface area contributed by atoms with E-state index in [9.17, 15) is 8.78 Å². The van der Waals surface area contributed by atoms with Gasteiger partial charge in [-0.05, 0) is 26.8 Å². The Balaban J connectivity index is 2.51. The van der Waals surface area contributed by atoms with E-state index in [1.165, 1.54) is 0 Å². The summed E-state index contributed by atoms with van der Waals surface area (Å²) in [4.78, 5) is 1.69. The Kier molecular flexibility index (Phi) is 3.10. The minimum Gasteiger partial charge on any atom is -0.296 e. The molecule has 4 heteroatoms. The quantitative estimate of drug-likeness (QED) is 0.686. The molecule has 80 valence electrons. The second-order valence-corrected chi connectivity index (χ2v) is 4.67. The summed E-state index contributed by atoms with van der Waals surface area (Å²) in [6, 6.07) is 2.13. The summed E-state index contributed by atoms with van der Waals surface area (Å²) in [5.74, 6) is -2.57. The van der Waals surface area contributed by atoms with Crippen LogP contribution >= 0.6 is 0 Å². The highest BCUT2D eigenvalue weighted by Crippen LogP contribution is 2.28. The number of hydrogen-bond donors (Lipinski definition) is 0. The van der Waals surface area contributed by atoms with Crippen LogP contribution in [0.5, 0.6) is 0 Å². The molecule has 0 unspecified atom stereocenters. The summed E-state index contributed by atoms with van der Waals surface area (Å²) in [6.07, 6.45) is 0.505. The minimum atomic E-state index is -2.57. The zero-order valence-electron chi connectivity index (χ0n) is 8.69. The van der Waals surface area contributed by atoms with Crippen LogP contribution in [0.1, 0.15) is 26.7 Å². The predicted molar refractivity (Wildman–Crippen MR) is 50.0 cm³/mol. The number of rotatable bonds is 2. The standard InChI is InChI=1S/C10H16F2N2/c1-9(2,6-13)7-14-5-3-4-10(11,12)8-14/h3-5,7-8H2,1-2H3. The second kappa shape index (κ2) is 3.82. The van der Waals surface area contributed by atoms with Gasteiger partial charge in [0, 0.05) is 13.0 Å². The lowest BCUT2D eigenvalue weighted by Gasteiger charge is -2.35. The minimum absolute atomic E-state index is 0.0174. The smallest absolute Gasteiger partial charge is 0.260 e. The van der Waals surface area contributed by atoms with Gasteiger partial charge in [-0.2, -0.15) is 5.26 Å². The molecule has 0 aromatic carbocycles. The van der Waals surface area contributed by atoms with Gasteiger partial charge in [0.15, 0.2) is 0 Å². The van der Waals surface area contributed by atoms with Gasteiger partial charge in [0.1, 0.15) is 0 Å². The van der Waals surface area contributed by atoms with Crippen LogP contribution in [-0.4, -0.2) is 30.5 Å². The molecule has 1 fully saturated rings. The van der Waals surface area contributed by atoms with Crippen molar-refractivity contribution in [1.29, 1.82) is 5.26 Å². The van der Waals surface area contributed by atoms with Gasteiger partial charge in [-0.15, -0.1) is 0 Å². The van der Waals surface area contributed by atoms with E-state index in [2.05, 4.69) is 6.07 Å². The molecule has 0 spiro atoms. The lowest BCUT2D eigenvalue weighted by atomic mass is 9.93. The Morgan fingerprint density at radius 2 is 2.14 bits per heavy atom. The highest BCUT2D eigenvalue weighted by atomic mass is 19.3. The molecule has 0 bridgehead atoms. The molecule has 1 heterocycles. The van der Waals surface area contributed by atoms with Gasteiger partial charge < -0.3 is 0 Å². The Hall–Kier alpha value is -0.690. The Morgan fingerprint density at radius 1 is 1.50 bits per heavy atom. The average molecular weight is 202 g/mol.